The van der Waals surface area contributed by atoms with E-state index >= 15 is 0 Å². The number of nitrogens with two attached hydrogens (primary N) is 1. The third kappa shape index (κ3) is 3.95. The molecule has 6 nitrogen and oxygen atoms in total. The second-order valence-electron chi connectivity index (χ2n) is 6.00. The van der Waals surface area contributed by atoms with Crippen molar-refractivity contribution in [1.29, 1.82) is 0 Å². The molecule has 3 N–H and O–H groups in total. The highest BCUT2D eigenvalue weighted by Crippen LogP contribution is 2.31. The summed E-state index contributed by atoms with van der Waals surface area (Å²) >= 11 is 0. The fraction of sp³-hybridized carbons (Fsp3) is 0.588. The van der Waals surface area contributed by atoms with Gasteiger partial charge in [-0.3, -0.25) is 4.99 Å². The van der Waals surface area contributed by atoms with Crippen LogP contribution in [0.4, 0.5) is 0 Å². The number of hydrogen-bond donors (Lipinski definition) is 2. The minimum Gasteiger partial charge on any atom is -0.493 e. The van der Waals surface area contributed by atoms with Crippen molar-refractivity contribution in [3.8, 4) is 5.75 Å². The molecule has 6 heteroatoms. The normalized spacial score (nSPS) is 27.9. The van der Waals surface area contributed by atoms with Gasteiger partial charge in [-0.2, -0.15) is 0 Å². The van der Waals surface area contributed by atoms with Gasteiger partial charge in [0, 0.05) is 38.2 Å². The van der Waals surface area contributed by atoms with Crippen LogP contribution in [0.2, 0.25) is 0 Å². The van der Waals surface area contributed by atoms with Gasteiger partial charge >= 0.3 is 0 Å². The van der Waals surface area contributed by atoms with Gasteiger partial charge in [0.15, 0.2) is 5.96 Å². The molecule has 0 spiro atoms. The Balaban J connectivity index is 1.60. The lowest BCUT2D eigenvalue weighted by atomic mass is 9.97. The Bertz CT molecular complexity index is 550. The molecule has 1 aromatic rings. The van der Waals surface area contributed by atoms with E-state index in [1.165, 1.54) is 0 Å². The van der Waals surface area contributed by atoms with Gasteiger partial charge in [-0.15, -0.1) is 0 Å². The Labute approximate surface area is 137 Å². The summed E-state index contributed by atoms with van der Waals surface area (Å²) in [5.74, 6) is 1.76. The van der Waals surface area contributed by atoms with Gasteiger partial charge in [-0.25, -0.2) is 0 Å². The van der Waals surface area contributed by atoms with Crippen LogP contribution in [0.25, 0.3) is 0 Å². The van der Waals surface area contributed by atoms with Gasteiger partial charge in [0.25, 0.3) is 0 Å². The first kappa shape index (κ1) is 16.1. The number of rotatable bonds is 4. The average Bonchev–Trinajstić information content (AvgIpc) is 2.60. The topological polar surface area (TPSA) is 78.1 Å². The van der Waals surface area contributed by atoms with Gasteiger partial charge in [0.05, 0.1) is 25.4 Å². The standard InChI is InChI=1S/C17H25N3O3/c1-21-16-11-22-8-6-12(16)10-19-17(18)20-14-7-9-23-15-5-3-2-4-13(14)15/h2-5,12,14,16H,6-11H2,1H3,(H3,18,19,20). The molecule has 0 aliphatic carbocycles. The third-order valence-corrected chi connectivity index (χ3v) is 4.52. The zero-order valence-electron chi connectivity index (χ0n) is 13.5. The molecular formula is C17H25N3O3. The van der Waals surface area contributed by atoms with E-state index in [-0.39, 0.29) is 12.1 Å². The highest BCUT2D eigenvalue weighted by Gasteiger charge is 2.26. The van der Waals surface area contributed by atoms with Crippen LogP contribution < -0.4 is 15.8 Å². The first-order valence-electron chi connectivity index (χ1n) is 8.16. The predicted octanol–water partition coefficient (Wildman–Crippen LogP) is 1.47. The highest BCUT2D eigenvalue weighted by molar-refractivity contribution is 5.78. The molecule has 0 amide bonds. The maximum atomic E-state index is 6.09. The number of methoxy groups -OCH3 is 1. The number of guanidine groups is 1. The average molecular weight is 319 g/mol. The minimum absolute atomic E-state index is 0.101. The van der Waals surface area contributed by atoms with Crippen LogP contribution in [0.1, 0.15) is 24.4 Å². The Kier molecular flexibility index (Phi) is 5.35. The first-order chi connectivity index (χ1) is 11.3. The quantitative estimate of drug-likeness (QED) is 0.649. The molecule has 1 saturated heterocycles. The van der Waals surface area contributed by atoms with Crippen molar-refractivity contribution in [3.63, 3.8) is 0 Å². The Morgan fingerprint density at radius 3 is 3.09 bits per heavy atom. The van der Waals surface area contributed by atoms with Gasteiger partial charge < -0.3 is 25.3 Å². The number of aliphatic imine (C=N–C) groups is 1. The summed E-state index contributed by atoms with van der Waals surface area (Å²) in [6.07, 6.45) is 1.93. The number of nitrogens with zero attached hydrogens (tertiary/aromatic N) is 1. The molecule has 126 valence electrons. The molecule has 2 heterocycles. The fourth-order valence-electron chi connectivity index (χ4n) is 3.16. The molecule has 0 bridgehead atoms. The van der Waals surface area contributed by atoms with E-state index in [1.54, 1.807) is 7.11 Å². The number of ether oxygens (including phenoxy) is 3. The monoisotopic (exact) mass is 319 g/mol. The molecule has 1 aromatic carbocycles. The second-order valence-corrected chi connectivity index (χ2v) is 6.00. The Morgan fingerprint density at radius 2 is 2.22 bits per heavy atom. The third-order valence-electron chi connectivity index (χ3n) is 4.52. The van der Waals surface area contributed by atoms with Crippen LogP contribution >= 0.6 is 0 Å². The lowest BCUT2D eigenvalue weighted by molar-refractivity contribution is -0.0624. The van der Waals surface area contributed by atoms with Gasteiger partial charge in [0.1, 0.15) is 5.75 Å². The van der Waals surface area contributed by atoms with Gasteiger partial charge in [-0.1, -0.05) is 18.2 Å². The lowest BCUT2D eigenvalue weighted by Gasteiger charge is -2.30. The number of para-hydroxylation sites is 1. The second kappa shape index (κ2) is 7.66. The maximum absolute atomic E-state index is 6.09. The molecule has 2 aliphatic rings. The zero-order chi connectivity index (χ0) is 16.1. The first-order valence-corrected chi connectivity index (χ1v) is 8.16. The number of fused-ring (bicyclic) bond motifs is 1. The van der Waals surface area contributed by atoms with Crippen molar-refractivity contribution in [2.24, 2.45) is 16.6 Å². The van der Waals surface area contributed by atoms with E-state index in [4.69, 9.17) is 19.9 Å². The lowest BCUT2D eigenvalue weighted by Crippen LogP contribution is -2.39. The van der Waals surface area contributed by atoms with Crippen LogP contribution in [-0.4, -0.2) is 45.5 Å². The van der Waals surface area contributed by atoms with Crippen molar-refractivity contribution in [2.75, 3.05) is 33.5 Å². The SMILES string of the molecule is COC1COCCC1CN=C(N)NC1CCOc2ccccc21. The summed E-state index contributed by atoms with van der Waals surface area (Å²) in [6.45, 7) is 2.75. The number of nitrogens with one attached hydrogen (secondary N) is 1. The molecule has 3 atom stereocenters. The van der Waals surface area contributed by atoms with Crippen molar-refractivity contribution >= 4 is 5.96 Å². The molecule has 1 fully saturated rings. The molecule has 0 aromatic heterocycles. The van der Waals surface area contributed by atoms with E-state index in [0.29, 0.717) is 31.6 Å². The van der Waals surface area contributed by atoms with Gasteiger partial charge in [-0.05, 0) is 12.5 Å². The fourth-order valence-corrected chi connectivity index (χ4v) is 3.16. The van der Waals surface area contributed by atoms with E-state index in [0.717, 1.165) is 30.8 Å². The minimum atomic E-state index is 0.101. The Hall–Kier alpha value is -1.79. The zero-order valence-corrected chi connectivity index (χ0v) is 13.5. The molecule has 0 saturated carbocycles. The molecular weight excluding hydrogens is 294 g/mol. The number of hydrogen-bond acceptors (Lipinski definition) is 4. The van der Waals surface area contributed by atoms with Gasteiger partial charge in [0.2, 0.25) is 0 Å². The summed E-state index contributed by atoms with van der Waals surface area (Å²) in [4.78, 5) is 4.52. The molecule has 23 heavy (non-hydrogen) atoms. The predicted molar refractivity (Wildman–Crippen MR) is 88.6 cm³/mol. The van der Waals surface area contributed by atoms with E-state index in [2.05, 4.69) is 16.4 Å². The summed E-state index contributed by atoms with van der Waals surface area (Å²) in [5, 5.41) is 3.32. The maximum Gasteiger partial charge on any atom is 0.189 e. The van der Waals surface area contributed by atoms with Crippen molar-refractivity contribution < 1.29 is 14.2 Å². The van der Waals surface area contributed by atoms with E-state index in [9.17, 15) is 0 Å². The van der Waals surface area contributed by atoms with Crippen molar-refractivity contribution in [3.05, 3.63) is 29.8 Å². The van der Waals surface area contributed by atoms with Crippen molar-refractivity contribution in [1.82, 2.24) is 5.32 Å². The number of benzene rings is 1. The summed E-state index contributed by atoms with van der Waals surface area (Å²) < 4.78 is 16.6. The van der Waals surface area contributed by atoms with Crippen LogP contribution in [0.3, 0.4) is 0 Å². The van der Waals surface area contributed by atoms with Crippen molar-refractivity contribution in [2.45, 2.75) is 25.0 Å². The van der Waals surface area contributed by atoms with Crippen LogP contribution in [0, 0.1) is 5.92 Å². The Morgan fingerprint density at radius 1 is 1.35 bits per heavy atom. The van der Waals surface area contributed by atoms with Crippen LogP contribution in [-0.2, 0) is 9.47 Å². The molecule has 3 rings (SSSR count). The molecule has 3 unspecified atom stereocenters. The summed E-state index contributed by atoms with van der Waals surface area (Å²) in [5.41, 5.74) is 7.23. The van der Waals surface area contributed by atoms with E-state index in [1.807, 2.05) is 18.2 Å². The summed E-state index contributed by atoms with van der Waals surface area (Å²) in [6, 6.07) is 8.20. The summed E-state index contributed by atoms with van der Waals surface area (Å²) in [7, 11) is 1.72. The largest absolute Gasteiger partial charge is 0.493 e. The van der Waals surface area contributed by atoms with E-state index < -0.39 is 0 Å². The molecule has 2 aliphatic heterocycles. The van der Waals surface area contributed by atoms with Crippen LogP contribution in [0.15, 0.2) is 29.3 Å². The highest BCUT2D eigenvalue weighted by atomic mass is 16.5. The van der Waals surface area contributed by atoms with Crippen LogP contribution in [0.5, 0.6) is 5.75 Å². The smallest absolute Gasteiger partial charge is 0.189 e. The molecule has 0 radical (unpaired) electrons.